The molecule has 0 bridgehead atoms. The van der Waals surface area contributed by atoms with Gasteiger partial charge in [-0.05, 0) is 47.1 Å². The van der Waals surface area contributed by atoms with Crippen molar-refractivity contribution >= 4 is 37.4 Å². The van der Waals surface area contributed by atoms with Crippen LogP contribution in [0.25, 0.3) is 10.1 Å². The number of thiophene rings is 1. The third-order valence-electron chi connectivity index (χ3n) is 3.82. The van der Waals surface area contributed by atoms with Crippen LogP contribution in [0.3, 0.4) is 0 Å². The first-order valence-electron chi connectivity index (χ1n) is 5.84. The average Bonchev–Trinajstić information content (AvgIpc) is 2.67. The highest BCUT2D eigenvalue weighted by atomic mass is 79.9. The van der Waals surface area contributed by atoms with Crippen LogP contribution in [-0.4, -0.2) is 5.33 Å². The molecule has 1 fully saturated rings. The van der Waals surface area contributed by atoms with Gasteiger partial charge >= 0.3 is 0 Å². The zero-order valence-electron chi connectivity index (χ0n) is 9.21. The van der Waals surface area contributed by atoms with E-state index in [1.54, 1.807) is 5.56 Å². The van der Waals surface area contributed by atoms with Crippen LogP contribution in [0.15, 0.2) is 29.6 Å². The molecule has 1 saturated carbocycles. The Labute approximate surface area is 109 Å². The fourth-order valence-electron chi connectivity index (χ4n) is 2.61. The van der Waals surface area contributed by atoms with E-state index in [1.165, 1.54) is 35.8 Å². The Kier molecular flexibility index (Phi) is 2.80. The summed E-state index contributed by atoms with van der Waals surface area (Å²) in [7, 11) is 0. The minimum atomic E-state index is 0.559. The van der Waals surface area contributed by atoms with Gasteiger partial charge in [0.1, 0.15) is 0 Å². The number of hydrogen-bond donors (Lipinski definition) is 0. The van der Waals surface area contributed by atoms with Crippen LogP contribution >= 0.6 is 27.3 Å². The minimum Gasteiger partial charge on any atom is -0.144 e. The van der Waals surface area contributed by atoms with E-state index in [9.17, 15) is 0 Å². The standard InChI is InChI=1S/C14H15BrS/c15-10-14(6-3-7-14)8-11-9-16-13-5-2-1-4-12(11)13/h1-2,4-5,9H,3,6-8,10H2. The molecular formula is C14H15BrS. The highest BCUT2D eigenvalue weighted by Gasteiger charge is 2.36. The van der Waals surface area contributed by atoms with Gasteiger partial charge in [0.25, 0.3) is 0 Å². The largest absolute Gasteiger partial charge is 0.144 e. The van der Waals surface area contributed by atoms with Gasteiger partial charge in [0.15, 0.2) is 0 Å². The molecule has 2 aromatic rings. The third-order valence-corrected chi connectivity index (χ3v) is 6.03. The number of benzene rings is 1. The van der Waals surface area contributed by atoms with Gasteiger partial charge in [-0.15, -0.1) is 11.3 Å². The van der Waals surface area contributed by atoms with Crippen molar-refractivity contribution in [2.45, 2.75) is 25.7 Å². The molecule has 1 aromatic heterocycles. The minimum absolute atomic E-state index is 0.559. The summed E-state index contributed by atoms with van der Waals surface area (Å²) < 4.78 is 1.43. The maximum atomic E-state index is 3.70. The molecule has 0 radical (unpaired) electrons. The number of alkyl halides is 1. The Morgan fingerprint density at radius 3 is 2.75 bits per heavy atom. The summed E-state index contributed by atoms with van der Waals surface area (Å²) in [6.07, 6.45) is 5.45. The Morgan fingerprint density at radius 1 is 1.25 bits per heavy atom. The van der Waals surface area contributed by atoms with E-state index in [1.807, 2.05) is 11.3 Å². The van der Waals surface area contributed by atoms with Crippen molar-refractivity contribution in [2.75, 3.05) is 5.33 Å². The molecule has 0 atom stereocenters. The normalized spacial score (nSPS) is 18.6. The van der Waals surface area contributed by atoms with Crippen LogP contribution in [0.4, 0.5) is 0 Å². The molecule has 1 heterocycles. The first-order chi connectivity index (χ1) is 7.83. The fourth-order valence-corrected chi connectivity index (χ4v) is 4.33. The van der Waals surface area contributed by atoms with Crippen molar-refractivity contribution in [3.8, 4) is 0 Å². The summed E-state index contributed by atoms with van der Waals surface area (Å²) >= 11 is 5.58. The van der Waals surface area contributed by atoms with E-state index in [0.717, 1.165) is 5.33 Å². The van der Waals surface area contributed by atoms with Gasteiger partial charge in [-0.2, -0.15) is 0 Å². The van der Waals surface area contributed by atoms with E-state index in [-0.39, 0.29) is 0 Å². The van der Waals surface area contributed by atoms with E-state index in [4.69, 9.17) is 0 Å². The molecule has 1 aromatic carbocycles. The zero-order chi connectivity index (χ0) is 11.0. The molecule has 0 spiro atoms. The molecule has 3 rings (SSSR count). The van der Waals surface area contributed by atoms with Crippen LogP contribution in [0.5, 0.6) is 0 Å². The van der Waals surface area contributed by atoms with E-state index in [0.29, 0.717) is 5.41 Å². The Morgan fingerprint density at radius 2 is 2.06 bits per heavy atom. The molecule has 0 N–H and O–H groups in total. The first-order valence-corrected chi connectivity index (χ1v) is 7.84. The highest BCUT2D eigenvalue weighted by molar-refractivity contribution is 9.09. The second-order valence-electron chi connectivity index (χ2n) is 4.92. The molecule has 1 aliphatic rings. The average molecular weight is 295 g/mol. The number of hydrogen-bond acceptors (Lipinski definition) is 1. The second kappa shape index (κ2) is 4.15. The first kappa shape index (κ1) is 10.8. The molecule has 84 valence electrons. The summed E-state index contributed by atoms with van der Waals surface area (Å²) in [5.74, 6) is 0. The lowest BCUT2D eigenvalue weighted by Crippen LogP contribution is -2.33. The molecule has 16 heavy (non-hydrogen) atoms. The number of rotatable bonds is 3. The monoisotopic (exact) mass is 294 g/mol. The number of fused-ring (bicyclic) bond motifs is 1. The SMILES string of the molecule is BrCC1(Cc2csc3ccccc23)CCC1. The molecule has 0 amide bonds. The van der Waals surface area contributed by atoms with Crippen molar-refractivity contribution in [1.82, 2.24) is 0 Å². The summed E-state index contributed by atoms with van der Waals surface area (Å²) in [5, 5.41) is 4.98. The second-order valence-corrected chi connectivity index (χ2v) is 6.39. The highest BCUT2D eigenvalue weighted by Crippen LogP contribution is 2.46. The maximum absolute atomic E-state index is 3.70. The maximum Gasteiger partial charge on any atom is 0.0345 e. The van der Waals surface area contributed by atoms with Crippen LogP contribution in [-0.2, 0) is 6.42 Å². The van der Waals surface area contributed by atoms with Gasteiger partial charge in [0, 0.05) is 10.0 Å². The van der Waals surface area contributed by atoms with E-state index >= 15 is 0 Å². The summed E-state index contributed by atoms with van der Waals surface area (Å²) in [5.41, 5.74) is 2.11. The van der Waals surface area contributed by atoms with Crippen LogP contribution < -0.4 is 0 Å². The molecule has 0 saturated heterocycles. The van der Waals surface area contributed by atoms with Crippen molar-refractivity contribution in [2.24, 2.45) is 5.41 Å². The summed E-state index contributed by atoms with van der Waals surface area (Å²) in [6.45, 7) is 0. The lowest BCUT2D eigenvalue weighted by atomic mass is 9.67. The van der Waals surface area contributed by atoms with E-state index in [2.05, 4.69) is 45.6 Å². The van der Waals surface area contributed by atoms with Gasteiger partial charge < -0.3 is 0 Å². The molecule has 0 nitrogen and oxygen atoms in total. The summed E-state index contributed by atoms with van der Waals surface area (Å²) in [4.78, 5) is 0. The van der Waals surface area contributed by atoms with Gasteiger partial charge in [0.2, 0.25) is 0 Å². The molecule has 0 unspecified atom stereocenters. The summed E-state index contributed by atoms with van der Waals surface area (Å²) in [6, 6.07) is 8.78. The van der Waals surface area contributed by atoms with Crippen molar-refractivity contribution < 1.29 is 0 Å². The lowest BCUT2D eigenvalue weighted by Gasteiger charge is -2.40. The van der Waals surface area contributed by atoms with Gasteiger partial charge in [-0.1, -0.05) is 40.5 Å². The quantitative estimate of drug-likeness (QED) is 0.698. The van der Waals surface area contributed by atoms with Crippen LogP contribution in [0, 0.1) is 5.41 Å². The van der Waals surface area contributed by atoms with Crippen molar-refractivity contribution in [3.63, 3.8) is 0 Å². The molecule has 0 aliphatic heterocycles. The Bertz CT molecular complexity index is 491. The van der Waals surface area contributed by atoms with Crippen LogP contribution in [0.1, 0.15) is 24.8 Å². The zero-order valence-corrected chi connectivity index (χ0v) is 11.6. The number of halogens is 1. The Hall–Kier alpha value is -0.340. The Balaban J connectivity index is 1.94. The van der Waals surface area contributed by atoms with Gasteiger partial charge in [0.05, 0.1) is 0 Å². The lowest BCUT2D eigenvalue weighted by molar-refractivity contribution is 0.170. The third kappa shape index (κ3) is 1.72. The van der Waals surface area contributed by atoms with Crippen molar-refractivity contribution in [1.29, 1.82) is 0 Å². The predicted molar refractivity (Wildman–Crippen MR) is 75.6 cm³/mol. The fraction of sp³-hybridized carbons (Fsp3) is 0.429. The topological polar surface area (TPSA) is 0 Å². The van der Waals surface area contributed by atoms with E-state index < -0.39 is 0 Å². The van der Waals surface area contributed by atoms with Gasteiger partial charge in [-0.25, -0.2) is 0 Å². The molecular weight excluding hydrogens is 280 g/mol. The van der Waals surface area contributed by atoms with Crippen molar-refractivity contribution in [3.05, 3.63) is 35.2 Å². The smallest absolute Gasteiger partial charge is 0.0345 e. The molecule has 2 heteroatoms. The van der Waals surface area contributed by atoms with Gasteiger partial charge in [-0.3, -0.25) is 0 Å². The van der Waals surface area contributed by atoms with Crippen LogP contribution in [0.2, 0.25) is 0 Å². The molecule has 1 aliphatic carbocycles. The predicted octanol–water partition coefficient (Wildman–Crippen LogP) is 5.01.